The van der Waals surface area contributed by atoms with Crippen LogP contribution in [0.2, 0.25) is 0 Å². The number of aromatic hydroxyl groups is 2. The second-order valence-corrected chi connectivity index (χ2v) is 5.06. The smallest absolute Gasteiger partial charge is 0.324 e. The lowest BCUT2D eigenvalue weighted by molar-refractivity contribution is -0.144. The number of carboxylic acids is 1. The number of hydrogen-bond acceptors (Lipinski definition) is 4. The molecule has 1 unspecified atom stereocenters. The van der Waals surface area contributed by atoms with Crippen LogP contribution in [0.5, 0.6) is 11.5 Å². The Labute approximate surface area is 106 Å². The maximum atomic E-state index is 11.3. The zero-order valence-electron chi connectivity index (χ0n) is 10.6. The molecule has 1 aromatic carbocycles. The predicted molar refractivity (Wildman–Crippen MR) is 67.5 cm³/mol. The number of benzene rings is 1. The lowest BCUT2D eigenvalue weighted by Crippen LogP contribution is -2.50. The van der Waals surface area contributed by atoms with Crippen molar-refractivity contribution in [3.05, 3.63) is 23.8 Å². The van der Waals surface area contributed by atoms with Crippen molar-refractivity contribution in [2.45, 2.75) is 32.2 Å². The largest absolute Gasteiger partial charge is 0.504 e. The summed E-state index contributed by atoms with van der Waals surface area (Å²) in [6.45, 7) is 3.80. The molecule has 0 bridgehead atoms. The maximum absolute atomic E-state index is 11.3. The van der Waals surface area contributed by atoms with Gasteiger partial charge in [0.2, 0.25) is 0 Å². The Morgan fingerprint density at radius 2 is 1.94 bits per heavy atom. The summed E-state index contributed by atoms with van der Waals surface area (Å²) in [5.74, 6) is -1.43. The van der Waals surface area contributed by atoms with Gasteiger partial charge in [-0.05, 0) is 30.0 Å². The lowest BCUT2D eigenvalue weighted by Gasteiger charge is -2.26. The molecular formula is C13H19NO4. The van der Waals surface area contributed by atoms with E-state index in [0.717, 1.165) is 0 Å². The first-order valence-electron chi connectivity index (χ1n) is 5.78. The predicted octanol–water partition coefficient (Wildman–Crippen LogP) is 1.47. The lowest BCUT2D eigenvalue weighted by atomic mass is 9.84. The summed E-state index contributed by atoms with van der Waals surface area (Å²) >= 11 is 0. The quantitative estimate of drug-likeness (QED) is 0.595. The number of nitrogens with two attached hydrogens (primary N) is 1. The summed E-state index contributed by atoms with van der Waals surface area (Å²) < 4.78 is 0. The standard InChI is InChI=1S/C13H19NO4/c1-8(2)6-13(14,12(17)18)7-9-3-4-10(15)11(16)5-9/h3-5,8,15-16H,6-7,14H2,1-2H3,(H,17,18). The van der Waals surface area contributed by atoms with Gasteiger partial charge in [-0.15, -0.1) is 0 Å². The molecule has 0 saturated heterocycles. The third-order valence-corrected chi connectivity index (χ3v) is 2.76. The molecule has 1 rings (SSSR count). The van der Waals surface area contributed by atoms with E-state index in [1.807, 2.05) is 13.8 Å². The third kappa shape index (κ3) is 3.37. The first kappa shape index (κ1) is 14.3. The van der Waals surface area contributed by atoms with Gasteiger partial charge in [0.25, 0.3) is 0 Å². The molecule has 5 heteroatoms. The van der Waals surface area contributed by atoms with Gasteiger partial charge in [-0.3, -0.25) is 4.79 Å². The summed E-state index contributed by atoms with van der Waals surface area (Å²) in [7, 11) is 0. The van der Waals surface area contributed by atoms with E-state index in [9.17, 15) is 20.1 Å². The SMILES string of the molecule is CC(C)CC(N)(Cc1ccc(O)c(O)c1)C(=O)O. The molecule has 0 aromatic heterocycles. The fourth-order valence-corrected chi connectivity index (χ4v) is 2.01. The number of aliphatic carboxylic acids is 1. The van der Waals surface area contributed by atoms with Gasteiger partial charge >= 0.3 is 5.97 Å². The van der Waals surface area contributed by atoms with Gasteiger partial charge in [0.1, 0.15) is 5.54 Å². The molecule has 1 aromatic rings. The highest BCUT2D eigenvalue weighted by Crippen LogP contribution is 2.28. The van der Waals surface area contributed by atoms with E-state index in [0.29, 0.717) is 12.0 Å². The highest BCUT2D eigenvalue weighted by atomic mass is 16.4. The van der Waals surface area contributed by atoms with Crippen LogP contribution in [0.3, 0.4) is 0 Å². The van der Waals surface area contributed by atoms with E-state index in [4.69, 9.17) is 5.73 Å². The van der Waals surface area contributed by atoms with Crippen LogP contribution in [0.1, 0.15) is 25.8 Å². The molecule has 100 valence electrons. The minimum atomic E-state index is -1.36. The van der Waals surface area contributed by atoms with Crippen LogP contribution in [-0.2, 0) is 11.2 Å². The van der Waals surface area contributed by atoms with Crippen molar-refractivity contribution < 1.29 is 20.1 Å². The average molecular weight is 253 g/mol. The first-order valence-corrected chi connectivity index (χ1v) is 5.78. The molecule has 0 spiro atoms. The molecule has 0 aliphatic rings. The Morgan fingerprint density at radius 3 is 2.39 bits per heavy atom. The van der Waals surface area contributed by atoms with Crippen LogP contribution in [0.15, 0.2) is 18.2 Å². The number of phenols is 2. The van der Waals surface area contributed by atoms with Crippen molar-refractivity contribution in [1.29, 1.82) is 0 Å². The van der Waals surface area contributed by atoms with Crippen LogP contribution in [0.4, 0.5) is 0 Å². The number of hydrogen-bond donors (Lipinski definition) is 4. The van der Waals surface area contributed by atoms with E-state index < -0.39 is 11.5 Å². The molecule has 1 atom stereocenters. The van der Waals surface area contributed by atoms with Gasteiger partial charge in [0, 0.05) is 6.42 Å². The summed E-state index contributed by atoms with van der Waals surface area (Å²) in [6, 6.07) is 4.21. The normalized spacial score (nSPS) is 14.4. The second kappa shape index (κ2) is 5.27. The molecule has 5 nitrogen and oxygen atoms in total. The topological polar surface area (TPSA) is 104 Å². The average Bonchev–Trinajstić information content (AvgIpc) is 2.22. The molecular weight excluding hydrogens is 234 g/mol. The van der Waals surface area contributed by atoms with E-state index in [-0.39, 0.29) is 23.8 Å². The molecule has 18 heavy (non-hydrogen) atoms. The Hall–Kier alpha value is -1.75. The Bertz CT molecular complexity index is 445. The molecule has 0 saturated carbocycles. The first-order chi connectivity index (χ1) is 8.24. The summed E-state index contributed by atoms with van der Waals surface area (Å²) in [6.07, 6.45) is 0.443. The fourth-order valence-electron chi connectivity index (χ4n) is 2.01. The van der Waals surface area contributed by atoms with Gasteiger partial charge in [0.05, 0.1) is 0 Å². The maximum Gasteiger partial charge on any atom is 0.324 e. The van der Waals surface area contributed by atoms with Gasteiger partial charge in [0.15, 0.2) is 11.5 Å². The van der Waals surface area contributed by atoms with Crippen molar-refractivity contribution in [3.8, 4) is 11.5 Å². The van der Waals surface area contributed by atoms with Gasteiger partial charge in [-0.2, -0.15) is 0 Å². The van der Waals surface area contributed by atoms with Crippen LogP contribution in [0, 0.1) is 5.92 Å². The Kier molecular flexibility index (Phi) is 4.19. The highest BCUT2D eigenvalue weighted by Gasteiger charge is 2.34. The number of carbonyl (C=O) groups is 1. The molecule has 5 N–H and O–H groups in total. The zero-order chi connectivity index (χ0) is 13.9. The van der Waals surface area contributed by atoms with Crippen LogP contribution < -0.4 is 5.73 Å². The van der Waals surface area contributed by atoms with Gasteiger partial charge < -0.3 is 21.1 Å². The fraction of sp³-hybridized carbons (Fsp3) is 0.462. The molecule has 0 aliphatic heterocycles. The summed E-state index contributed by atoms with van der Waals surface area (Å²) in [5, 5.41) is 27.8. The van der Waals surface area contributed by atoms with E-state index in [1.54, 1.807) is 6.07 Å². The summed E-state index contributed by atoms with van der Waals surface area (Å²) in [4.78, 5) is 11.3. The third-order valence-electron chi connectivity index (χ3n) is 2.76. The Morgan fingerprint density at radius 1 is 1.33 bits per heavy atom. The molecule has 0 radical (unpaired) electrons. The summed E-state index contributed by atoms with van der Waals surface area (Å²) in [5.41, 5.74) is 5.13. The van der Waals surface area contributed by atoms with E-state index in [2.05, 4.69) is 0 Å². The Balaban J connectivity index is 2.96. The second-order valence-electron chi connectivity index (χ2n) is 5.06. The monoisotopic (exact) mass is 253 g/mol. The minimum Gasteiger partial charge on any atom is -0.504 e. The van der Waals surface area contributed by atoms with Gasteiger partial charge in [-0.1, -0.05) is 19.9 Å². The van der Waals surface area contributed by atoms with Crippen LogP contribution >= 0.6 is 0 Å². The van der Waals surface area contributed by atoms with Crippen molar-refractivity contribution in [3.63, 3.8) is 0 Å². The highest BCUT2D eigenvalue weighted by molar-refractivity contribution is 5.79. The molecule has 0 aliphatic carbocycles. The number of phenolic OH excluding ortho intramolecular Hbond substituents is 2. The molecule has 0 heterocycles. The van der Waals surface area contributed by atoms with Crippen LogP contribution in [-0.4, -0.2) is 26.8 Å². The molecule has 0 fully saturated rings. The van der Waals surface area contributed by atoms with Crippen LogP contribution in [0.25, 0.3) is 0 Å². The molecule has 0 amide bonds. The van der Waals surface area contributed by atoms with Crippen molar-refractivity contribution >= 4 is 5.97 Å². The van der Waals surface area contributed by atoms with Crippen molar-refractivity contribution in [1.82, 2.24) is 0 Å². The minimum absolute atomic E-state index is 0.106. The number of carboxylic acid groups (broad SMARTS) is 1. The van der Waals surface area contributed by atoms with Gasteiger partial charge in [-0.25, -0.2) is 0 Å². The zero-order valence-corrected chi connectivity index (χ0v) is 10.6. The van der Waals surface area contributed by atoms with E-state index >= 15 is 0 Å². The van der Waals surface area contributed by atoms with Crippen molar-refractivity contribution in [2.75, 3.05) is 0 Å². The van der Waals surface area contributed by atoms with E-state index in [1.165, 1.54) is 12.1 Å². The number of rotatable bonds is 5. The van der Waals surface area contributed by atoms with Crippen molar-refractivity contribution in [2.24, 2.45) is 11.7 Å².